The molecule has 5 N–H and O–H groups in total. The maximum atomic E-state index is 13.0. The first kappa shape index (κ1) is 27.3. The molecule has 0 fully saturated rings. The topological polar surface area (TPSA) is 141 Å². The Labute approximate surface area is 226 Å². The summed E-state index contributed by atoms with van der Waals surface area (Å²) in [6.45, 7) is 3.87. The maximum absolute atomic E-state index is 13.0. The molecule has 0 bridgehead atoms. The molecule has 1 heterocycles. The number of hydrogen-bond acceptors (Lipinski definition) is 8. The van der Waals surface area contributed by atoms with Gasteiger partial charge in [0.15, 0.2) is 11.5 Å². The second-order valence-electron chi connectivity index (χ2n) is 9.35. The summed E-state index contributed by atoms with van der Waals surface area (Å²) < 4.78 is 22.0. The molecular weight excluding hydrogens is 502 g/mol. The summed E-state index contributed by atoms with van der Waals surface area (Å²) >= 11 is 0. The molecule has 0 aliphatic carbocycles. The van der Waals surface area contributed by atoms with Crippen LogP contribution in [0.3, 0.4) is 0 Å². The van der Waals surface area contributed by atoms with Crippen molar-refractivity contribution < 1.29 is 33.6 Å². The lowest BCUT2D eigenvalue weighted by Gasteiger charge is -2.31. The van der Waals surface area contributed by atoms with E-state index in [1.165, 1.54) is 6.08 Å². The summed E-state index contributed by atoms with van der Waals surface area (Å²) in [4.78, 5) is 25.6. The number of rotatable bonds is 10. The van der Waals surface area contributed by atoms with Crippen LogP contribution in [0, 0.1) is 5.41 Å². The summed E-state index contributed by atoms with van der Waals surface area (Å²) in [5.74, 6) is 1.30. The molecule has 3 aromatic rings. The monoisotopic (exact) mass is 533 g/mol. The van der Waals surface area contributed by atoms with Gasteiger partial charge in [0.25, 0.3) is 0 Å². The number of hydrogen-bond donors (Lipinski definition) is 4. The number of para-hydroxylation sites is 2. The Morgan fingerprint density at radius 3 is 2.54 bits per heavy atom. The summed E-state index contributed by atoms with van der Waals surface area (Å²) in [5.41, 5.74) is 7.20. The molecule has 1 aliphatic rings. The fraction of sp³-hybridized carbons (Fsp3) is 0.241. The van der Waals surface area contributed by atoms with Crippen LogP contribution in [0.25, 0.3) is 0 Å². The van der Waals surface area contributed by atoms with Crippen molar-refractivity contribution in [2.75, 3.05) is 36.4 Å². The molecule has 0 aromatic heterocycles. The van der Waals surface area contributed by atoms with Crippen LogP contribution in [0.4, 0.5) is 21.9 Å². The Hall–Kier alpha value is -4.70. The highest BCUT2D eigenvalue weighted by Gasteiger charge is 2.33. The number of carbonyl (C=O) groups is 2. The van der Waals surface area contributed by atoms with Crippen LogP contribution in [-0.2, 0) is 9.53 Å². The van der Waals surface area contributed by atoms with Crippen LogP contribution in [0.1, 0.15) is 25.5 Å². The van der Waals surface area contributed by atoms with Crippen molar-refractivity contribution >= 4 is 29.1 Å². The van der Waals surface area contributed by atoms with Crippen LogP contribution in [0.2, 0.25) is 0 Å². The van der Waals surface area contributed by atoms with E-state index in [2.05, 4.69) is 10.6 Å². The largest absolute Gasteiger partial charge is 0.491 e. The van der Waals surface area contributed by atoms with E-state index in [0.717, 1.165) is 0 Å². The van der Waals surface area contributed by atoms with Gasteiger partial charge in [-0.05, 0) is 48.0 Å². The van der Waals surface area contributed by atoms with Gasteiger partial charge in [-0.3, -0.25) is 10.1 Å². The first-order valence-corrected chi connectivity index (χ1v) is 12.3. The molecule has 10 heteroatoms. The predicted octanol–water partition coefficient (Wildman–Crippen LogP) is 4.88. The molecule has 1 aliphatic heterocycles. The van der Waals surface area contributed by atoms with E-state index >= 15 is 0 Å². The third-order valence-electron chi connectivity index (χ3n) is 5.95. The van der Waals surface area contributed by atoms with E-state index < -0.39 is 17.6 Å². The number of ether oxygens (including phenoxy) is 4. The number of fused-ring (bicyclic) bond motifs is 1. The number of nitrogens with one attached hydrogen (secondary N) is 2. The normalized spacial score (nSPS) is 13.1. The van der Waals surface area contributed by atoms with Gasteiger partial charge >= 0.3 is 6.09 Å². The molecule has 39 heavy (non-hydrogen) atoms. The van der Waals surface area contributed by atoms with E-state index in [1.54, 1.807) is 72.8 Å². The Balaban J connectivity index is 1.52. The third kappa shape index (κ3) is 7.20. The van der Waals surface area contributed by atoms with Gasteiger partial charge in [0.2, 0.25) is 12.7 Å². The maximum Gasteiger partial charge on any atom is 0.412 e. The standard InChI is InChI=1S/C29H31N3O7/c1-29(2,14-13-26(34)32-23-6-4-3-5-22(23)30)27(19-7-10-21(11-8-19)36-16-15-33)39-28(35)31-20-9-12-24-25(17-20)38-18-37-24/h3-14,17,27,33H,15-16,18,30H2,1-2H3,(H,31,35)(H,32,34)/b14-13+/t27-/m0/s1. The van der Waals surface area contributed by atoms with Crippen molar-refractivity contribution in [2.24, 2.45) is 5.41 Å². The summed E-state index contributed by atoms with van der Waals surface area (Å²) in [7, 11) is 0. The second kappa shape index (κ2) is 12.2. The number of benzene rings is 3. The molecule has 0 saturated heterocycles. The number of carbonyl (C=O) groups excluding carboxylic acids is 2. The molecule has 0 spiro atoms. The third-order valence-corrected chi connectivity index (χ3v) is 5.95. The van der Waals surface area contributed by atoms with Crippen LogP contribution < -0.4 is 30.6 Å². The van der Waals surface area contributed by atoms with Crippen molar-refractivity contribution in [1.82, 2.24) is 0 Å². The van der Waals surface area contributed by atoms with Gasteiger partial charge in [0.05, 0.1) is 18.0 Å². The van der Waals surface area contributed by atoms with Crippen LogP contribution in [0.5, 0.6) is 17.2 Å². The minimum absolute atomic E-state index is 0.109. The number of nitrogens with two attached hydrogens (primary N) is 1. The highest BCUT2D eigenvalue weighted by atomic mass is 16.7. The van der Waals surface area contributed by atoms with Crippen molar-refractivity contribution in [3.05, 3.63) is 84.4 Å². The molecule has 204 valence electrons. The first-order valence-electron chi connectivity index (χ1n) is 12.3. The first-order chi connectivity index (χ1) is 18.7. The summed E-state index contributed by atoms with van der Waals surface area (Å²) in [6, 6.07) is 19.0. The van der Waals surface area contributed by atoms with Crippen LogP contribution in [-0.4, -0.2) is 37.1 Å². The highest BCUT2D eigenvalue weighted by molar-refractivity contribution is 6.01. The van der Waals surface area contributed by atoms with Gasteiger partial charge in [-0.1, -0.05) is 44.2 Å². The molecule has 4 rings (SSSR count). The fourth-order valence-corrected chi connectivity index (χ4v) is 3.94. The van der Waals surface area contributed by atoms with E-state index in [0.29, 0.717) is 39.9 Å². The summed E-state index contributed by atoms with van der Waals surface area (Å²) in [5, 5.41) is 14.5. The highest BCUT2D eigenvalue weighted by Crippen LogP contribution is 2.39. The fourth-order valence-electron chi connectivity index (χ4n) is 3.94. The van der Waals surface area contributed by atoms with E-state index in [9.17, 15) is 9.59 Å². The molecule has 0 radical (unpaired) electrons. The van der Waals surface area contributed by atoms with Crippen molar-refractivity contribution in [2.45, 2.75) is 20.0 Å². The lowest BCUT2D eigenvalue weighted by molar-refractivity contribution is -0.112. The molecule has 0 unspecified atom stereocenters. The average Bonchev–Trinajstić information content (AvgIpc) is 3.39. The molecule has 10 nitrogen and oxygen atoms in total. The quantitative estimate of drug-likeness (QED) is 0.213. The molecule has 2 amide bonds. The van der Waals surface area contributed by atoms with E-state index in [4.69, 9.17) is 29.8 Å². The zero-order chi connectivity index (χ0) is 27.8. The van der Waals surface area contributed by atoms with E-state index in [-0.39, 0.29) is 25.9 Å². The van der Waals surface area contributed by atoms with Gasteiger partial charge in [-0.2, -0.15) is 0 Å². The number of nitrogen functional groups attached to an aromatic ring is 1. The molecule has 0 saturated carbocycles. The summed E-state index contributed by atoms with van der Waals surface area (Å²) in [6.07, 6.45) is 1.58. The zero-order valence-electron chi connectivity index (χ0n) is 21.7. The molecule has 1 atom stereocenters. The van der Waals surface area contributed by atoms with Crippen molar-refractivity contribution in [3.63, 3.8) is 0 Å². The minimum atomic E-state index is -0.820. The van der Waals surface area contributed by atoms with Crippen LogP contribution >= 0.6 is 0 Å². The minimum Gasteiger partial charge on any atom is -0.491 e. The molecular formula is C29H31N3O7. The van der Waals surface area contributed by atoms with Crippen LogP contribution in [0.15, 0.2) is 78.9 Å². The van der Waals surface area contributed by atoms with Crippen molar-refractivity contribution in [3.8, 4) is 17.2 Å². The Bertz CT molecular complexity index is 1340. The Morgan fingerprint density at radius 2 is 1.79 bits per heavy atom. The lowest BCUT2D eigenvalue weighted by atomic mass is 9.82. The van der Waals surface area contributed by atoms with Crippen molar-refractivity contribution in [1.29, 1.82) is 0 Å². The van der Waals surface area contributed by atoms with Gasteiger partial charge in [0, 0.05) is 17.2 Å². The molecule has 3 aromatic carbocycles. The second-order valence-corrected chi connectivity index (χ2v) is 9.35. The SMILES string of the molecule is CC(C)(/C=C/C(=O)Nc1ccccc1N)[C@@H](OC(=O)Nc1ccc2c(c1)OCO2)c1ccc(OCCO)cc1. The number of anilines is 3. The Morgan fingerprint density at radius 1 is 1.05 bits per heavy atom. The Kier molecular flexibility index (Phi) is 8.57. The predicted molar refractivity (Wildman–Crippen MR) is 147 cm³/mol. The number of amides is 2. The van der Waals surface area contributed by atoms with E-state index in [1.807, 2.05) is 13.8 Å². The number of aliphatic hydroxyl groups is 1. The van der Waals surface area contributed by atoms with Gasteiger partial charge < -0.3 is 35.1 Å². The van der Waals surface area contributed by atoms with Gasteiger partial charge in [0.1, 0.15) is 18.5 Å². The van der Waals surface area contributed by atoms with Gasteiger partial charge in [-0.25, -0.2) is 4.79 Å². The zero-order valence-corrected chi connectivity index (χ0v) is 21.7. The number of aliphatic hydroxyl groups excluding tert-OH is 1. The van der Waals surface area contributed by atoms with Gasteiger partial charge in [-0.15, -0.1) is 0 Å². The average molecular weight is 534 g/mol. The lowest BCUT2D eigenvalue weighted by Crippen LogP contribution is -2.28. The smallest absolute Gasteiger partial charge is 0.412 e.